The first-order chi connectivity index (χ1) is 8.47. The fourth-order valence-corrected chi connectivity index (χ4v) is 1.81. The maximum absolute atomic E-state index is 10.6. The Kier molecular flexibility index (Phi) is 3.17. The summed E-state index contributed by atoms with van der Waals surface area (Å²) in [5.74, 6) is -0.859. The lowest BCUT2D eigenvalue weighted by Crippen LogP contribution is -2.33. The van der Waals surface area contributed by atoms with Crippen LogP contribution in [-0.2, 0) is 4.74 Å². The molecule has 0 spiro atoms. The zero-order chi connectivity index (χ0) is 13.4. The molecule has 5 N–H and O–H groups in total. The topological polar surface area (TPSA) is 157 Å². The quantitative estimate of drug-likeness (QED) is 0.358. The van der Waals surface area contributed by atoms with Gasteiger partial charge in [-0.15, -0.1) is 0 Å². The number of aromatic nitrogens is 2. The highest BCUT2D eigenvalue weighted by molar-refractivity contribution is 5.47. The summed E-state index contributed by atoms with van der Waals surface area (Å²) in [7, 11) is 0. The van der Waals surface area contributed by atoms with Crippen molar-refractivity contribution in [1.82, 2.24) is 9.55 Å². The zero-order valence-corrected chi connectivity index (χ0v) is 9.08. The molecular weight excluding hydrogens is 248 g/mol. The van der Waals surface area contributed by atoms with E-state index in [1.54, 1.807) is 0 Å². The van der Waals surface area contributed by atoms with Gasteiger partial charge in [0, 0.05) is 0 Å². The van der Waals surface area contributed by atoms with Crippen LogP contribution >= 0.6 is 0 Å². The largest absolute Gasteiger partial charge is 0.406 e. The van der Waals surface area contributed by atoms with Gasteiger partial charge in [-0.25, -0.2) is 0 Å². The number of aliphatic hydroxyl groups is 3. The number of imidazole rings is 1. The summed E-state index contributed by atoms with van der Waals surface area (Å²) in [5, 5.41) is 38.8. The van der Waals surface area contributed by atoms with Crippen LogP contribution in [0.3, 0.4) is 0 Å². The van der Waals surface area contributed by atoms with Crippen molar-refractivity contribution in [3.05, 3.63) is 16.4 Å². The van der Waals surface area contributed by atoms with Crippen LogP contribution in [0.25, 0.3) is 0 Å². The molecule has 1 aromatic heterocycles. The van der Waals surface area contributed by atoms with Crippen LogP contribution in [0, 0.1) is 10.1 Å². The molecule has 2 rings (SSSR count). The molecule has 0 bridgehead atoms. The molecule has 0 aromatic carbocycles. The lowest BCUT2D eigenvalue weighted by Gasteiger charge is -2.15. The predicted octanol–water partition coefficient (Wildman–Crippen LogP) is -2.02. The monoisotopic (exact) mass is 260 g/mol. The fraction of sp³-hybridized carbons (Fsp3) is 0.625. The van der Waals surface area contributed by atoms with Crippen molar-refractivity contribution in [3.8, 4) is 0 Å². The molecular formula is C8H12N4O6. The van der Waals surface area contributed by atoms with Gasteiger partial charge in [-0.2, -0.15) is 0 Å². The third kappa shape index (κ3) is 1.80. The lowest BCUT2D eigenvalue weighted by molar-refractivity contribution is -0.388. The van der Waals surface area contributed by atoms with Crippen molar-refractivity contribution < 1.29 is 25.0 Å². The number of nitrogens with zero attached hydrogens (tertiary/aromatic N) is 3. The number of aliphatic hydroxyl groups excluding tert-OH is 3. The van der Waals surface area contributed by atoms with Gasteiger partial charge in [-0.05, 0) is 9.91 Å². The van der Waals surface area contributed by atoms with E-state index in [0.717, 1.165) is 10.9 Å². The third-order valence-electron chi connectivity index (χ3n) is 2.78. The van der Waals surface area contributed by atoms with Crippen molar-refractivity contribution in [2.45, 2.75) is 24.5 Å². The van der Waals surface area contributed by atoms with Gasteiger partial charge in [-0.1, -0.05) is 0 Å². The van der Waals surface area contributed by atoms with Gasteiger partial charge in [0.15, 0.2) is 6.23 Å². The van der Waals surface area contributed by atoms with Gasteiger partial charge in [0.1, 0.15) is 18.3 Å². The lowest BCUT2D eigenvalue weighted by atomic mass is 10.1. The average Bonchev–Trinajstić information content (AvgIpc) is 2.82. The summed E-state index contributed by atoms with van der Waals surface area (Å²) in [5.41, 5.74) is 5.50. The Bertz CT molecular complexity index is 462. The first-order valence-electron chi connectivity index (χ1n) is 5.06. The number of nitro groups is 1. The molecule has 10 nitrogen and oxygen atoms in total. The van der Waals surface area contributed by atoms with Crippen molar-refractivity contribution in [3.63, 3.8) is 0 Å². The van der Waals surface area contributed by atoms with E-state index in [0.29, 0.717) is 0 Å². The molecule has 10 heteroatoms. The summed E-state index contributed by atoms with van der Waals surface area (Å²) in [4.78, 5) is 13.3. The summed E-state index contributed by atoms with van der Waals surface area (Å²) in [6, 6.07) is 0. The van der Waals surface area contributed by atoms with Crippen LogP contribution in [0.15, 0.2) is 6.33 Å². The maximum Gasteiger partial charge on any atom is 0.406 e. The number of nitrogens with two attached hydrogens (primary N) is 1. The third-order valence-corrected chi connectivity index (χ3v) is 2.78. The summed E-state index contributed by atoms with van der Waals surface area (Å²) >= 11 is 0. The maximum atomic E-state index is 10.6. The van der Waals surface area contributed by atoms with E-state index >= 15 is 0 Å². The number of ether oxygens (including phenoxy) is 1. The summed E-state index contributed by atoms with van der Waals surface area (Å²) in [6.07, 6.45) is -3.74. The summed E-state index contributed by atoms with van der Waals surface area (Å²) in [6.45, 7) is -0.495. The molecule has 1 saturated heterocycles. The average molecular weight is 260 g/mol. The highest BCUT2D eigenvalue weighted by Crippen LogP contribution is 2.33. The number of hydrogen-bond acceptors (Lipinski definition) is 8. The van der Waals surface area contributed by atoms with E-state index in [2.05, 4.69) is 4.98 Å². The van der Waals surface area contributed by atoms with Gasteiger partial charge >= 0.3 is 5.82 Å². The molecule has 0 amide bonds. The number of nitrogen functional groups attached to an aromatic ring is 1. The van der Waals surface area contributed by atoms with Crippen LogP contribution in [0.5, 0.6) is 0 Å². The standard InChI is InChI=1S/C8H12N4O6/c9-6-7(12(16)17)10-2-11(6)8-5(15)4(14)3(1-13)18-8/h2-5,8,13-15H,1,9H2/t3-,4+,5+,8-/m0/s1. The minimum atomic E-state index is -1.36. The second kappa shape index (κ2) is 4.49. The van der Waals surface area contributed by atoms with Crippen LogP contribution < -0.4 is 5.73 Å². The Balaban J connectivity index is 2.30. The molecule has 1 fully saturated rings. The Hall–Kier alpha value is -1.75. The van der Waals surface area contributed by atoms with Crippen molar-refractivity contribution in [1.29, 1.82) is 0 Å². The van der Waals surface area contributed by atoms with Gasteiger partial charge in [0.25, 0.3) is 0 Å². The Labute approximate surface area is 100 Å². The van der Waals surface area contributed by atoms with Crippen molar-refractivity contribution in [2.24, 2.45) is 0 Å². The van der Waals surface area contributed by atoms with Crippen LogP contribution in [0.2, 0.25) is 0 Å². The van der Waals surface area contributed by atoms with E-state index in [-0.39, 0.29) is 5.82 Å². The second-order valence-electron chi connectivity index (χ2n) is 3.85. The normalized spacial score (nSPS) is 31.7. The van der Waals surface area contributed by atoms with Gasteiger partial charge in [0.05, 0.1) is 6.61 Å². The summed E-state index contributed by atoms with van der Waals surface area (Å²) < 4.78 is 6.21. The smallest absolute Gasteiger partial charge is 0.394 e. The molecule has 1 aromatic rings. The zero-order valence-electron chi connectivity index (χ0n) is 9.08. The van der Waals surface area contributed by atoms with Gasteiger partial charge in [0.2, 0.25) is 12.1 Å². The molecule has 0 unspecified atom stereocenters. The SMILES string of the molecule is Nc1c([N+](=O)[O-])ncn1[C@H]1O[C@@H](CO)[C@@H](O)[C@H]1O. The Morgan fingerprint density at radius 2 is 2.22 bits per heavy atom. The first kappa shape index (κ1) is 12.7. The minimum absolute atomic E-state index is 0.296. The molecule has 1 aliphatic heterocycles. The highest BCUT2D eigenvalue weighted by Gasteiger charge is 2.45. The molecule has 18 heavy (non-hydrogen) atoms. The van der Waals surface area contributed by atoms with E-state index < -0.39 is 41.9 Å². The molecule has 4 atom stereocenters. The molecule has 1 aliphatic rings. The molecule has 0 radical (unpaired) electrons. The molecule has 2 heterocycles. The van der Waals surface area contributed by atoms with E-state index in [1.807, 2.05) is 0 Å². The number of hydrogen-bond donors (Lipinski definition) is 4. The van der Waals surface area contributed by atoms with E-state index in [9.17, 15) is 20.3 Å². The molecule has 0 aliphatic carbocycles. The molecule has 100 valence electrons. The van der Waals surface area contributed by atoms with Gasteiger partial charge in [-0.3, -0.25) is 4.57 Å². The highest BCUT2D eigenvalue weighted by atomic mass is 16.6. The number of anilines is 1. The minimum Gasteiger partial charge on any atom is -0.394 e. The number of rotatable bonds is 3. The van der Waals surface area contributed by atoms with Crippen molar-refractivity contribution in [2.75, 3.05) is 12.3 Å². The van der Waals surface area contributed by atoms with Crippen molar-refractivity contribution >= 4 is 11.6 Å². The van der Waals surface area contributed by atoms with Crippen LogP contribution in [-0.4, -0.2) is 54.7 Å². The Morgan fingerprint density at radius 1 is 1.56 bits per heavy atom. The van der Waals surface area contributed by atoms with Crippen LogP contribution in [0.4, 0.5) is 11.6 Å². The first-order valence-corrected chi connectivity index (χ1v) is 5.06. The fourth-order valence-electron chi connectivity index (χ4n) is 1.81. The van der Waals surface area contributed by atoms with E-state index in [4.69, 9.17) is 15.6 Å². The molecule has 0 saturated carbocycles. The van der Waals surface area contributed by atoms with E-state index in [1.165, 1.54) is 0 Å². The van der Waals surface area contributed by atoms with Crippen LogP contribution in [0.1, 0.15) is 6.23 Å². The predicted molar refractivity (Wildman–Crippen MR) is 56.3 cm³/mol. The van der Waals surface area contributed by atoms with Gasteiger partial charge < -0.3 is 35.9 Å². The second-order valence-corrected chi connectivity index (χ2v) is 3.85. The Morgan fingerprint density at radius 3 is 2.67 bits per heavy atom.